The Morgan fingerprint density at radius 2 is 1.81 bits per heavy atom. The number of rotatable bonds is 6. The van der Waals surface area contributed by atoms with Gasteiger partial charge in [0.1, 0.15) is 11.6 Å². The van der Waals surface area contributed by atoms with E-state index in [1.54, 1.807) is 19.1 Å². The third-order valence-electron chi connectivity index (χ3n) is 3.64. The van der Waals surface area contributed by atoms with Crippen LogP contribution in [0.5, 0.6) is 0 Å². The number of amides is 2. The van der Waals surface area contributed by atoms with Crippen LogP contribution in [0.25, 0.3) is 0 Å². The van der Waals surface area contributed by atoms with Crippen molar-refractivity contribution in [3.8, 4) is 0 Å². The highest BCUT2D eigenvalue weighted by Crippen LogP contribution is 2.27. The number of aryl methyl sites for hydroxylation is 1. The van der Waals surface area contributed by atoms with E-state index in [1.807, 2.05) is 19.1 Å². The van der Waals surface area contributed by atoms with E-state index in [4.69, 9.17) is 0 Å². The zero-order valence-electron chi connectivity index (χ0n) is 14.8. The molecule has 0 aliphatic heterocycles. The number of hydrogen-bond acceptors (Lipinski definition) is 3. The molecule has 2 aromatic rings. The van der Waals surface area contributed by atoms with Crippen molar-refractivity contribution in [2.45, 2.75) is 24.0 Å². The van der Waals surface area contributed by atoms with Crippen LogP contribution in [0.2, 0.25) is 0 Å². The van der Waals surface area contributed by atoms with Crippen LogP contribution in [0.15, 0.2) is 47.4 Å². The van der Waals surface area contributed by atoms with Gasteiger partial charge in [-0.3, -0.25) is 9.59 Å². The van der Waals surface area contributed by atoms with Crippen molar-refractivity contribution in [2.24, 2.45) is 0 Å². The maximum Gasteiger partial charge on any atom is 0.243 e. The average molecular weight is 378 g/mol. The summed E-state index contributed by atoms with van der Waals surface area (Å²) in [4.78, 5) is 25.9. The van der Waals surface area contributed by atoms with Crippen LogP contribution >= 0.6 is 11.8 Å². The molecule has 2 amide bonds. The molecular weight excluding hydrogens is 358 g/mol. The van der Waals surface area contributed by atoms with Gasteiger partial charge >= 0.3 is 0 Å². The summed E-state index contributed by atoms with van der Waals surface area (Å²) in [5.74, 6) is -2.03. The molecule has 0 spiro atoms. The van der Waals surface area contributed by atoms with Crippen molar-refractivity contribution in [1.82, 2.24) is 4.90 Å². The van der Waals surface area contributed by atoms with Gasteiger partial charge in [-0.25, -0.2) is 8.78 Å². The fourth-order valence-electron chi connectivity index (χ4n) is 2.25. The lowest BCUT2D eigenvalue weighted by atomic mass is 10.2. The Bertz CT molecular complexity index is 797. The average Bonchev–Trinajstić information content (AvgIpc) is 2.58. The van der Waals surface area contributed by atoms with Gasteiger partial charge in [0, 0.05) is 23.7 Å². The lowest BCUT2D eigenvalue weighted by Gasteiger charge is -2.21. The fourth-order valence-corrected chi connectivity index (χ4v) is 3.23. The van der Waals surface area contributed by atoms with Crippen molar-refractivity contribution in [1.29, 1.82) is 0 Å². The topological polar surface area (TPSA) is 49.4 Å². The van der Waals surface area contributed by atoms with Crippen molar-refractivity contribution in [3.63, 3.8) is 0 Å². The van der Waals surface area contributed by atoms with Gasteiger partial charge in [0.05, 0.1) is 11.8 Å². The largest absolute Gasteiger partial charge is 0.335 e. The lowest BCUT2D eigenvalue weighted by Crippen LogP contribution is -2.38. The number of thioether (sulfide) groups is 1. The zero-order chi connectivity index (χ0) is 19.3. The molecule has 2 aromatic carbocycles. The smallest absolute Gasteiger partial charge is 0.243 e. The van der Waals surface area contributed by atoms with Crippen LogP contribution in [0.3, 0.4) is 0 Å². The number of halogens is 2. The van der Waals surface area contributed by atoms with Crippen LogP contribution in [0.4, 0.5) is 14.5 Å². The van der Waals surface area contributed by atoms with E-state index < -0.39 is 16.9 Å². The Morgan fingerprint density at radius 1 is 1.15 bits per heavy atom. The number of nitrogens with zero attached hydrogens (tertiary/aromatic N) is 1. The van der Waals surface area contributed by atoms with E-state index in [9.17, 15) is 18.4 Å². The molecule has 0 aliphatic carbocycles. The van der Waals surface area contributed by atoms with Crippen LogP contribution in [0, 0.1) is 18.6 Å². The number of nitrogens with one attached hydrogen (secondary N) is 1. The molecule has 7 heteroatoms. The van der Waals surface area contributed by atoms with Crippen molar-refractivity contribution >= 4 is 29.3 Å². The normalized spacial score (nSPS) is 11.7. The Labute approximate surface area is 155 Å². The monoisotopic (exact) mass is 378 g/mol. The minimum atomic E-state index is -0.714. The highest BCUT2D eigenvalue weighted by molar-refractivity contribution is 8.00. The predicted molar refractivity (Wildman–Crippen MR) is 99.1 cm³/mol. The van der Waals surface area contributed by atoms with Crippen LogP contribution in [0.1, 0.15) is 12.5 Å². The number of benzene rings is 2. The molecule has 1 atom stereocenters. The van der Waals surface area contributed by atoms with Gasteiger partial charge in [0.25, 0.3) is 0 Å². The molecule has 0 fully saturated rings. The maximum atomic E-state index is 13.7. The SMILES string of the molecule is Cc1ccc(NC(=O)CN(C)C(=O)[C@@H](C)Sc2ccc(F)cc2F)cc1. The highest BCUT2D eigenvalue weighted by Gasteiger charge is 2.22. The second-order valence-electron chi connectivity index (χ2n) is 5.94. The van der Waals surface area contributed by atoms with Crippen molar-refractivity contribution in [3.05, 3.63) is 59.7 Å². The van der Waals surface area contributed by atoms with Gasteiger partial charge in [-0.2, -0.15) is 0 Å². The Morgan fingerprint density at radius 3 is 2.42 bits per heavy atom. The van der Waals surface area contributed by atoms with Gasteiger partial charge in [-0.1, -0.05) is 17.7 Å². The summed E-state index contributed by atoms with van der Waals surface area (Å²) < 4.78 is 26.7. The van der Waals surface area contributed by atoms with E-state index in [0.717, 1.165) is 29.5 Å². The number of carbonyl (C=O) groups excluding carboxylic acids is 2. The van der Waals surface area contributed by atoms with E-state index in [0.29, 0.717) is 5.69 Å². The molecule has 0 aromatic heterocycles. The molecule has 0 aliphatic rings. The first-order chi connectivity index (χ1) is 12.3. The van der Waals surface area contributed by atoms with E-state index in [-0.39, 0.29) is 23.3 Å². The molecule has 26 heavy (non-hydrogen) atoms. The van der Waals surface area contributed by atoms with Gasteiger partial charge in [-0.05, 0) is 38.1 Å². The third-order valence-corrected chi connectivity index (χ3v) is 4.78. The Balaban J connectivity index is 1.91. The molecule has 0 bridgehead atoms. The minimum Gasteiger partial charge on any atom is -0.335 e. The van der Waals surface area contributed by atoms with Crippen LogP contribution < -0.4 is 5.32 Å². The van der Waals surface area contributed by atoms with E-state index in [1.165, 1.54) is 18.0 Å². The molecule has 138 valence electrons. The third kappa shape index (κ3) is 5.56. The number of carbonyl (C=O) groups is 2. The number of anilines is 1. The van der Waals surface area contributed by atoms with Crippen LogP contribution in [-0.2, 0) is 9.59 Å². The number of likely N-dealkylation sites (N-methyl/N-ethyl adjacent to an activating group) is 1. The minimum absolute atomic E-state index is 0.122. The lowest BCUT2D eigenvalue weighted by molar-refractivity contribution is -0.132. The van der Waals surface area contributed by atoms with Crippen molar-refractivity contribution in [2.75, 3.05) is 18.9 Å². The molecule has 2 rings (SSSR count). The van der Waals surface area contributed by atoms with Gasteiger partial charge in [0.15, 0.2) is 0 Å². The first kappa shape index (κ1) is 19.9. The first-order valence-electron chi connectivity index (χ1n) is 7.99. The standard InChI is InChI=1S/C19H20F2N2O2S/c1-12-4-7-15(8-5-12)22-18(24)11-23(3)19(25)13(2)26-17-9-6-14(20)10-16(17)21/h4-10,13H,11H2,1-3H3,(H,22,24)/t13-/m1/s1. The van der Waals surface area contributed by atoms with Crippen LogP contribution in [-0.4, -0.2) is 35.6 Å². The second-order valence-corrected chi connectivity index (χ2v) is 7.33. The van der Waals surface area contributed by atoms with E-state index in [2.05, 4.69) is 5.32 Å². The Hall–Kier alpha value is -2.41. The zero-order valence-corrected chi connectivity index (χ0v) is 15.6. The second kappa shape index (κ2) is 8.80. The predicted octanol–water partition coefficient (Wildman–Crippen LogP) is 3.85. The molecule has 0 unspecified atom stereocenters. The van der Waals surface area contributed by atoms with Crippen molar-refractivity contribution < 1.29 is 18.4 Å². The molecule has 4 nitrogen and oxygen atoms in total. The number of hydrogen-bond donors (Lipinski definition) is 1. The first-order valence-corrected chi connectivity index (χ1v) is 8.87. The summed E-state index contributed by atoms with van der Waals surface area (Å²) in [6.45, 7) is 3.44. The molecule has 1 N–H and O–H groups in total. The quantitative estimate of drug-likeness (QED) is 0.777. The summed E-state index contributed by atoms with van der Waals surface area (Å²) in [7, 11) is 1.51. The molecule has 0 saturated heterocycles. The maximum absolute atomic E-state index is 13.7. The molecular formula is C19H20F2N2O2S. The molecule has 0 saturated carbocycles. The summed E-state index contributed by atoms with van der Waals surface area (Å²) in [6, 6.07) is 10.5. The van der Waals surface area contributed by atoms with Gasteiger partial charge < -0.3 is 10.2 Å². The summed E-state index contributed by atoms with van der Waals surface area (Å²) in [6.07, 6.45) is 0. The van der Waals surface area contributed by atoms with Gasteiger partial charge in [0.2, 0.25) is 11.8 Å². The summed E-state index contributed by atoms with van der Waals surface area (Å²) in [5.41, 5.74) is 1.73. The summed E-state index contributed by atoms with van der Waals surface area (Å²) in [5, 5.41) is 2.10. The Kier molecular flexibility index (Phi) is 6.74. The molecule has 0 heterocycles. The van der Waals surface area contributed by atoms with E-state index >= 15 is 0 Å². The highest BCUT2D eigenvalue weighted by atomic mass is 32.2. The molecule has 0 radical (unpaired) electrons. The summed E-state index contributed by atoms with van der Waals surface area (Å²) >= 11 is 0.983. The van der Waals surface area contributed by atoms with Gasteiger partial charge in [-0.15, -0.1) is 11.8 Å². The fraction of sp³-hybridized carbons (Fsp3) is 0.263.